The molecule has 2 rings (SSSR count). The summed E-state index contributed by atoms with van der Waals surface area (Å²) in [5.74, 6) is 5.54. The van der Waals surface area contributed by atoms with E-state index in [1.807, 2.05) is 6.07 Å². The number of aliphatic hydroxyl groups is 1. The van der Waals surface area contributed by atoms with Crippen molar-refractivity contribution in [3.8, 4) is 11.8 Å². The minimum absolute atomic E-state index is 0.0433. The zero-order valence-corrected chi connectivity index (χ0v) is 12.7. The van der Waals surface area contributed by atoms with Crippen molar-refractivity contribution in [2.75, 3.05) is 13.2 Å². The van der Waals surface area contributed by atoms with Gasteiger partial charge >= 0.3 is 0 Å². The summed E-state index contributed by atoms with van der Waals surface area (Å²) >= 11 is 0. The molecule has 21 heavy (non-hydrogen) atoms. The SMILES string of the molecule is CCCCN(Cc1cc(F)cc(C#CCCO)c1)C1CC1. The van der Waals surface area contributed by atoms with Gasteiger partial charge in [0.05, 0.1) is 6.61 Å². The lowest BCUT2D eigenvalue weighted by molar-refractivity contribution is 0.250. The quantitative estimate of drug-likeness (QED) is 0.778. The summed E-state index contributed by atoms with van der Waals surface area (Å²) in [6.45, 7) is 4.13. The Morgan fingerprint density at radius 3 is 2.81 bits per heavy atom. The minimum atomic E-state index is -0.230. The maximum atomic E-state index is 13.7. The molecule has 0 unspecified atom stereocenters. The van der Waals surface area contributed by atoms with Gasteiger partial charge in [-0.15, -0.1) is 0 Å². The number of hydrogen-bond acceptors (Lipinski definition) is 2. The van der Waals surface area contributed by atoms with Crippen LogP contribution in [-0.2, 0) is 6.54 Å². The topological polar surface area (TPSA) is 23.5 Å². The summed E-state index contributed by atoms with van der Waals surface area (Å²) < 4.78 is 13.7. The third-order valence-electron chi connectivity index (χ3n) is 3.67. The van der Waals surface area contributed by atoms with Crippen molar-refractivity contribution in [1.82, 2.24) is 4.90 Å². The Labute approximate surface area is 127 Å². The van der Waals surface area contributed by atoms with Crippen molar-refractivity contribution in [3.05, 3.63) is 35.1 Å². The highest BCUT2D eigenvalue weighted by Crippen LogP contribution is 2.28. The van der Waals surface area contributed by atoms with Gasteiger partial charge in [-0.2, -0.15) is 0 Å². The van der Waals surface area contributed by atoms with Crippen LogP contribution in [0.15, 0.2) is 18.2 Å². The molecular formula is C18H24FNO. The van der Waals surface area contributed by atoms with Crippen molar-refractivity contribution < 1.29 is 9.50 Å². The zero-order valence-electron chi connectivity index (χ0n) is 12.7. The van der Waals surface area contributed by atoms with Crippen molar-refractivity contribution in [2.24, 2.45) is 0 Å². The van der Waals surface area contributed by atoms with Crippen LogP contribution < -0.4 is 0 Å². The molecule has 2 nitrogen and oxygen atoms in total. The molecule has 0 radical (unpaired) electrons. The van der Waals surface area contributed by atoms with Gasteiger partial charge in [0.2, 0.25) is 0 Å². The van der Waals surface area contributed by atoms with Gasteiger partial charge in [-0.1, -0.05) is 25.2 Å². The molecule has 1 saturated carbocycles. The lowest BCUT2D eigenvalue weighted by Gasteiger charge is -2.22. The Balaban J connectivity index is 2.06. The van der Waals surface area contributed by atoms with E-state index in [-0.39, 0.29) is 12.4 Å². The van der Waals surface area contributed by atoms with Gasteiger partial charge in [0.15, 0.2) is 0 Å². The second-order valence-corrected chi connectivity index (χ2v) is 5.68. The Hall–Kier alpha value is -1.37. The summed E-state index contributed by atoms with van der Waals surface area (Å²) in [6.07, 6.45) is 5.33. The fourth-order valence-electron chi connectivity index (χ4n) is 2.46. The maximum absolute atomic E-state index is 13.7. The van der Waals surface area contributed by atoms with Gasteiger partial charge in [-0.25, -0.2) is 4.39 Å². The van der Waals surface area contributed by atoms with Crippen LogP contribution in [0, 0.1) is 17.7 Å². The molecule has 1 aromatic carbocycles. The third-order valence-corrected chi connectivity index (χ3v) is 3.67. The first-order valence-corrected chi connectivity index (χ1v) is 7.86. The minimum Gasteiger partial charge on any atom is -0.395 e. The van der Waals surface area contributed by atoms with E-state index in [0.717, 1.165) is 18.7 Å². The average molecular weight is 289 g/mol. The number of unbranched alkanes of at least 4 members (excludes halogenated alkanes) is 1. The predicted molar refractivity (Wildman–Crippen MR) is 83.3 cm³/mol. The number of nitrogens with zero attached hydrogens (tertiary/aromatic N) is 1. The molecule has 0 aromatic heterocycles. The van der Waals surface area contributed by atoms with Crippen LogP contribution >= 0.6 is 0 Å². The zero-order chi connectivity index (χ0) is 15.1. The Morgan fingerprint density at radius 1 is 1.33 bits per heavy atom. The van der Waals surface area contributed by atoms with E-state index < -0.39 is 0 Å². The Morgan fingerprint density at radius 2 is 2.14 bits per heavy atom. The van der Waals surface area contributed by atoms with E-state index >= 15 is 0 Å². The summed E-state index contributed by atoms with van der Waals surface area (Å²) in [6, 6.07) is 5.72. The summed E-state index contributed by atoms with van der Waals surface area (Å²) in [5, 5.41) is 8.74. The molecule has 0 amide bonds. The van der Waals surface area contributed by atoms with Gasteiger partial charge in [-0.05, 0) is 49.6 Å². The van der Waals surface area contributed by atoms with Crippen LogP contribution in [-0.4, -0.2) is 29.2 Å². The molecule has 1 aliphatic rings. The molecule has 3 heteroatoms. The number of halogens is 1. The summed E-state index contributed by atoms with van der Waals surface area (Å²) in [7, 11) is 0. The number of rotatable bonds is 7. The van der Waals surface area contributed by atoms with Crippen LogP contribution in [0.2, 0.25) is 0 Å². The lowest BCUT2D eigenvalue weighted by Crippen LogP contribution is -2.26. The second kappa shape index (κ2) is 8.17. The van der Waals surface area contributed by atoms with Crippen molar-refractivity contribution in [2.45, 2.75) is 51.6 Å². The van der Waals surface area contributed by atoms with Crippen LogP contribution in [0.3, 0.4) is 0 Å². The molecule has 114 valence electrons. The molecule has 0 aliphatic heterocycles. The van der Waals surface area contributed by atoms with Gasteiger partial charge in [0.1, 0.15) is 5.82 Å². The van der Waals surface area contributed by atoms with E-state index in [1.54, 1.807) is 6.07 Å². The molecule has 1 aromatic rings. The third kappa shape index (κ3) is 5.49. The van der Waals surface area contributed by atoms with E-state index in [0.29, 0.717) is 18.0 Å². The normalized spacial score (nSPS) is 14.1. The first kappa shape index (κ1) is 16.0. The molecule has 1 aliphatic carbocycles. The first-order valence-electron chi connectivity index (χ1n) is 7.86. The largest absolute Gasteiger partial charge is 0.395 e. The molecular weight excluding hydrogens is 265 g/mol. The Bertz CT molecular complexity index is 514. The highest BCUT2D eigenvalue weighted by Gasteiger charge is 2.28. The fraction of sp³-hybridized carbons (Fsp3) is 0.556. The molecule has 0 atom stereocenters. The van der Waals surface area contributed by atoms with Gasteiger partial charge < -0.3 is 5.11 Å². The van der Waals surface area contributed by atoms with Crippen LogP contribution in [0.1, 0.15) is 50.2 Å². The average Bonchev–Trinajstić information content (AvgIpc) is 3.28. The van der Waals surface area contributed by atoms with Crippen molar-refractivity contribution >= 4 is 0 Å². The fourth-order valence-corrected chi connectivity index (χ4v) is 2.46. The smallest absolute Gasteiger partial charge is 0.124 e. The highest BCUT2D eigenvalue weighted by atomic mass is 19.1. The van der Waals surface area contributed by atoms with E-state index in [1.165, 1.54) is 31.7 Å². The Kier molecular flexibility index (Phi) is 6.22. The molecule has 0 spiro atoms. The van der Waals surface area contributed by atoms with Crippen LogP contribution in [0.4, 0.5) is 4.39 Å². The molecule has 1 fully saturated rings. The molecule has 1 N–H and O–H groups in total. The maximum Gasteiger partial charge on any atom is 0.124 e. The predicted octanol–water partition coefficient (Wildman–Crippen LogP) is 3.32. The number of aliphatic hydroxyl groups excluding tert-OH is 1. The summed E-state index contributed by atoms with van der Waals surface area (Å²) in [5.41, 5.74) is 1.69. The molecule has 0 bridgehead atoms. The molecule has 0 heterocycles. The van der Waals surface area contributed by atoms with Gasteiger partial charge in [0, 0.05) is 24.6 Å². The van der Waals surface area contributed by atoms with E-state index in [9.17, 15) is 4.39 Å². The van der Waals surface area contributed by atoms with E-state index in [4.69, 9.17) is 5.11 Å². The van der Waals surface area contributed by atoms with Gasteiger partial charge in [-0.3, -0.25) is 4.90 Å². The van der Waals surface area contributed by atoms with Crippen LogP contribution in [0.5, 0.6) is 0 Å². The summed E-state index contributed by atoms with van der Waals surface area (Å²) in [4.78, 5) is 2.46. The standard InChI is InChI=1S/C18H24FNO/c1-2-3-9-20(18-7-8-18)14-16-11-15(6-4-5-10-21)12-17(19)13-16/h11-13,18,21H,2-3,5,7-10,14H2,1H3. The van der Waals surface area contributed by atoms with Gasteiger partial charge in [0.25, 0.3) is 0 Å². The molecule has 0 saturated heterocycles. The van der Waals surface area contributed by atoms with E-state index in [2.05, 4.69) is 23.7 Å². The number of hydrogen-bond donors (Lipinski definition) is 1. The lowest BCUT2D eigenvalue weighted by atomic mass is 10.1. The van der Waals surface area contributed by atoms with Crippen molar-refractivity contribution in [3.63, 3.8) is 0 Å². The van der Waals surface area contributed by atoms with Crippen LogP contribution in [0.25, 0.3) is 0 Å². The number of benzene rings is 1. The highest BCUT2D eigenvalue weighted by molar-refractivity contribution is 5.37. The first-order chi connectivity index (χ1) is 10.2. The monoisotopic (exact) mass is 289 g/mol. The van der Waals surface area contributed by atoms with Crippen molar-refractivity contribution in [1.29, 1.82) is 0 Å². The second-order valence-electron chi connectivity index (χ2n) is 5.68.